The largest absolute Gasteiger partial charge is 0.268 e. The molecule has 1 N–H and O–H groups in total. The molecule has 1 aliphatic rings. The molecule has 7 heteroatoms. The van der Waals surface area contributed by atoms with Crippen LogP contribution in [0.4, 0.5) is 0 Å². The van der Waals surface area contributed by atoms with Crippen LogP contribution in [0, 0.1) is 0 Å². The van der Waals surface area contributed by atoms with Gasteiger partial charge in [0.2, 0.25) is 10.0 Å². The summed E-state index contributed by atoms with van der Waals surface area (Å²) in [6.45, 7) is 2.42. The number of unbranched alkanes of at least 4 members (excludes halogenated alkanes) is 1. The second-order valence-electron chi connectivity index (χ2n) is 5.16. The highest BCUT2D eigenvalue weighted by Gasteiger charge is 2.25. The van der Waals surface area contributed by atoms with Gasteiger partial charge in [-0.05, 0) is 25.3 Å². The van der Waals surface area contributed by atoms with Gasteiger partial charge in [0.1, 0.15) is 0 Å². The van der Waals surface area contributed by atoms with Gasteiger partial charge in [-0.1, -0.05) is 13.3 Å². The lowest BCUT2D eigenvalue weighted by Crippen LogP contribution is -2.33. The molecule has 0 aliphatic heterocycles. The van der Waals surface area contributed by atoms with Crippen molar-refractivity contribution in [1.29, 1.82) is 0 Å². The number of nitrogens with zero attached hydrogens (tertiary/aromatic N) is 2. The lowest BCUT2D eigenvalue weighted by Gasteiger charge is -2.08. The average molecular weight is 299 g/mol. The van der Waals surface area contributed by atoms with Crippen molar-refractivity contribution in [3.8, 4) is 0 Å². The maximum absolute atomic E-state index is 11.7. The molecule has 0 radical (unpaired) electrons. The van der Waals surface area contributed by atoms with Crippen LogP contribution in [0.15, 0.2) is 16.9 Å². The average Bonchev–Trinajstić information content (AvgIpc) is 3.23. The van der Waals surface area contributed by atoms with Crippen LogP contribution in [0.3, 0.4) is 0 Å². The van der Waals surface area contributed by atoms with Crippen LogP contribution in [0.1, 0.15) is 44.2 Å². The minimum Gasteiger partial charge on any atom is -0.268 e. The van der Waals surface area contributed by atoms with E-state index in [1.165, 1.54) is 10.7 Å². The summed E-state index contributed by atoms with van der Waals surface area (Å²) in [4.78, 5) is 11.7. The normalized spacial score (nSPS) is 15.4. The van der Waals surface area contributed by atoms with Gasteiger partial charge < -0.3 is 0 Å². The Morgan fingerprint density at radius 2 is 2.15 bits per heavy atom. The maximum atomic E-state index is 11.7. The number of sulfonamides is 1. The van der Waals surface area contributed by atoms with Gasteiger partial charge in [-0.25, -0.2) is 17.8 Å². The molecule has 20 heavy (non-hydrogen) atoms. The Balaban J connectivity index is 1.90. The molecule has 2 rings (SSSR count). The molecule has 0 unspecified atom stereocenters. The first-order chi connectivity index (χ1) is 9.52. The van der Waals surface area contributed by atoms with Crippen LogP contribution in [-0.4, -0.2) is 30.5 Å². The molecule has 1 aliphatic carbocycles. The number of nitrogens with one attached hydrogen (secondary N) is 1. The Kier molecular flexibility index (Phi) is 4.93. The zero-order chi connectivity index (χ0) is 14.6. The van der Waals surface area contributed by atoms with Gasteiger partial charge in [0.15, 0.2) is 0 Å². The van der Waals surface area contributed by atoms with Crippen molar-refractivity contribution < 1.29 is 8.42 Å². The van der Waals surface area contributed by atoms with Gasteiger partial charge in [-0.15, -0.1) is 0 Å². The van der Waals surface area contributed by atoms with E-state index in [1.54, 1.807) is 6.07 Å². The summed E-state index contributed by atoms with van der Waals surface area (Å²) in [6.07, 6.45) is 3.72. The molecule has 0 amide bonds. The molecule has 1 fully saturated rings. The minimum absolute atomic E-state index is 0.133. The minimum atomic E-state index is -3.23. The monoisotopic (exact) mass is 299 g/mol. The molecule has 0 saturated heterocycles. The molecule has 0 atom stereocenters. The number of hydrogen-bond acceptors (Lipinski definition) is 4. The van der Waals surface area contributed by atoms with E-state index in [1.807, 2.05) is 6.92 Å². The second-order valence-corrected chi connectivity index (χ2v) is 7.09. The van der Waals surface area contributed by atoms with Gasteiger partial charge in [-0.3, -0.25) is 4.79 Å². The van der Waals surface area contributed by atoms with Crippen molar-refractivity contribution in [3.05, 3.63) is 28.2 Å². The summed E-state index contributed by atoms with van der Waals surface area (Å²) in [6, 6.07) is 3.27. The highest BCUT2D eigenvalue weighted by Crippen LogP contribution is 2.38. The Bertz CT molecular complexity index is 606. The van der Waals surface area contributed by atoms with E-state index < -0.39 is 10.0 Å². The van der Waals surface area contributed by atoms with E-state index in [0.29, 0.717) is 12.3 Å². The van der Waals surface area contributed by atoms with Crippen molar-refractivity contribution >= 4 is 10.0 Å². The van der Waals surface area contributed by atoms with Crippen LogP contribution in [0.25, 0.3) is 0 Å². The van der Waals surface area contributed by atoms with Gasteiger partial charge in [0.05, 0.1) is 18.0 Å². The Hall–Kier alpha value is -1.21. The van der Waals surface area contributed by atoms with Gasteiger partial charge in [-0.2, -0.15) is 5.10 Å². The fraction of sp³-hybridized carbons (Fsp3) is 0.692. The summed E-state index contributed by atoms with van der Waals surface area (Å²) < 4.78 is 27.1. The molecule has 1 heterocycles. The van der Waals surface area contributed by atoms with Crippen molar-refractivity contribution in [2.75, 3.05) is 12.3 Å². The standard InChI is InChI=1S/C13H21N3O3S/c1-2-3-10-20(18,19)14-8-9-16-13(17)7-6-12(15-16)11-4-5-11/h6-7,11,14H,2-5,8-10H2,1H3. The second kappa shape index (κ2) is 6.49. The third-order valence-corrected chi connectivity index (χ3v) is 4.77. The number of rotatable bonds is 8. The Labute approximate surface area is 119 Å². The van der Waals surface area contributed by atoms with Crippen molar-refractivity contribution in [3.63, 3.8) is 0 Å². The van der Waals surface area contributed by atoms with Gasteiger partial charge >= 0.3 is 0 Å². The summed E-state index contributed by atoms with van der Waals surface area (Å²) in [7, 11) is -3.23. The highest BCUT2D eigenvalue weighted by atomic mass is 32.2. The molecule has 1 aromatic rings. The summed E-state index contributed by atoms with van der Waals surface area (Å²) in [5, 5.41) is 4.29. The zero-order valence-electron chi connectivity index (χ0n) is 11.7. The molecular formula is C13H21N3O3S. The van der Waals surface area contributed by atoms with Crippen molar-refractivity contribution in [2.45, 2.75) is 45.1 Å². The Morgan fingerprint density at radius 3 is 2.80 bits per heavy atom. The van der Waals surface area contributed by atoms with Crippen molar-refractivity contribution in [2.24, 2.45) is 0 Å². The van der Waals surface area contributed by atoms with Crippen LogP contribution in [-0.2, 0) is 16.6 Å². The molecule has 112 valence electrons. The predicted octanol–water partition coefficient (Wildman–Crippen LogP) is 0.840. The van der Waals surface area contributed by atoms with Crippen LogP contribution in [0.5, 0.6) is 0 Å². The molecular weight excluding hydrogens is 278 g/mol. The van der Waals surface area contributed by atoms with Crippen LogP contribution >= 0.6 is 0 Å². The van der Waals surface area contributed by atoms with E-state index in [2.05, 4.69) is 9.82 Å². The number of aromatic nitrogens is 2. The molecule has 0 spiro atoms. The van der Waals surface area contributed by atoms with E-state index in [0.717, 1.165) is 25.0 Å². The molecule has 0 bridgehead atoms. The third kappa shape index (κ3) is 4.42. The van der Waals surface area contributed by atoms with Crippen LogP contribution < -0.4 is 10.3 Å². The third-order valence-electron chi connectivity index (χ3n) is 3.30. The van der Waals surface area contributed by atoms with Gasteiger partial charge in [0, 0.05) is 18.5 Å². The van der Waals surface area contributed by atoms with Gasteiger partial charge in [0.25, 0.3) is 5.56 Å². The first-order valence-electron chi connectivity index (χ1n) is 7.07. The van der Waals surface area contributed by atoms with E-state index in [-0.39, 0.29) is 24.4 Å². The quantitative estimate of drug-likeness (QED) is 0.771. The highest BCUT2D eigenvalue weighted by molar-refractivity contribution is 7.89. The predicted molar refractivity (Wildman–Crippen MR) is 77.2 cm³/mol. The Morgan fingerprint density at radius 1 is 1.40 bits per heavy atom. The fourth-order valence-electron chi connectivity index (χ4n) is 1.94. The molecule has 1 aromatic heterocycles. The van der Waals surface area contributed by atoms with E-state index >= 15 is 0 Å². The topological polar surface area (TPSA) is 81.1 Å². The zero-order valence-corrected chi connectivity index (χ0v) is 12.5. The van der Waals surface area contributed by atoms with E-state index in [9.17, 15) is 13.2 Å². The molecule has 6 nitrogen and oxygen atoms in total. The lowest BCUT2D eigenvalue weighted by molar-refractivity contribution is 0.539. The first kappa shape index (κ1) is 15.2. The fourth-order valence-corrected chi connectivity index (χ4v) is 3.15. The SMILES string of the molecule is CCCCS(=O)(=O)NCCn1nc(C2CC2)ccc1=O. The first-order valence-corrected chi connectivity index (χ1v) is 8.72. The summed E-state index contributed by atoms with van der Waals surface area (Å²) in [5.74, 6) is 0.608. The smallest absolute Gasteiger partial charge is 0.266 e. The summed E-state index contributed by atoms with van der Waals surface area (Å²) >= 11 is 0. The van der Waals surface area contributed by atoms with E-state index in [4.69, 9.17) is 0 Å². The number of hydrogen-bond donors (Lipinski definition) is 1. The molecule has 1 saturated carbocycles. The van der Waals surface area contributed by atoms with Crippen LogP contribution in [0.2, 0.25) is 0 Å². The summed E-state index contributed by atoms with van der Waals surface area (Å²) in [5.41, 5.74) is 0.737. The maximum Gasteiger partial charge on any atom is 0.266 e. The molecule has 0 aromatic carbocycles. The van der Waals surface area contributed by atoms with Crippen molar-refractivity contribution in [1.82, 2.24) is 14.5 Å². The lowest BCUT2D eigenvalue weighted by atomic mass is 10.3.